The minimum Gasteiger partial charge on any atom is -0.490 e. The van der Waals surface area contributed by atoms with Crippen LogP contribution in [0.1, 0.15) is 30.6 Å². The van der Waals surface area contributed by atoms with Crippen LogP contribution in [0.4, 0.5) is 0 Å². The van der Waals surface area contributed by atoms with Gasteiger partial charge in [-0.25, -0.2) is 0 Å². The van der Waals surface area contributed by atoms with Crippen LogP contribution in [0, 0.1) is 0 Å². The lowest BCUT2D eigenvalue weighted by Crippen LogP contribution is -2.24. The molecule has 1 aromatic carbocycles. The predicted octanol–water partition coefficient (Wildman–Crippen LogP) is 3.04. The lowest BCUT2D eigenvalue weighted by Gasteiger charge is -2.12. The molecule has 1 rings (SSSR count). The van der Waals surface area contributed by atoms with Gasteiger partial charge in [-0.15, -0.1) is 0 Å². The summed E-state index contributed by atoms with van der Waals surface area (Å²) >= 11 is 2.29. The van der Waals surface area contributed by atoms with Gasteiger partial charge in [-0.3, -0.25) is 4.79 Å². The molecule has 0 unspecified atom stereocenters. The summed E-state index contributed by atoms with van der Waals surface area (Å²) in [6.07, 6.45) is 0.974. The van der Waals surface area contributed by atoms with Crippen molar-refractivity contribution in [2.45, 2.75) is 20.3 Å². The standard InChI is InChI=1S/C14H20INO3/c1-3-18-12-7-6-11(10-13(12)19-4-2)14(17)16-9-5-8-15/h6-7,10H,3-5,8-9H2,1-2H3,(H,16,17). The van der Waals surface area contributed by atoms with Crippen LogP contribution in [0.25, 0.3) is 0 Å². The number of hydrogen-bond acceptors (Lipinski definition) is 3. The molecule has 4 nitrogen and oxygen atoms in total. The van der Waals surface area contributed by atoms with Crippen LogP contribution >= 0.6 is 22.6 Å². The number of rotatable bonds is 8. The third-order valence-corrected chi connectivity index (χ3v) is 3.16. The maximum atomic E-state index is 11.9. The molecule has 0 heterocycles. The van der Waals surface area contributed by atoms with Gasteiger partial charge in [-0.05, 0) is 38.5 Å². The van der Waals surface area contributed by atoms with Crippen molar-refractivity contribution in [3.63, 3.8) is 0 Å². The summed E-state index contributed by atoms with van der Waals surface area (Å²) in [5, 5.41) is 2.88. The fourth-order valence-corrected chi connectivity index (χ4v) is 1.94. The highest BCUT2D eigenvalue weighted by Gasteiger charge is 2.10. The highest BCUT2D eigenvalue weighted by molar-refractivity contribution is 14.1. The maximum absolute atomic E-state index is 11.9. The van der Waals surface area contributed by atoms with Crippen LogP contribution in [-0.4, -0.2) is 30.1 Å². The molecule has 0 aliphatic rings. The molecule has 106 valence electrons. The van der Waals surface area contributed by atoms with Crippen molar-refractivity contribution in [2.24, 2.45) is 0 Å². The SMILES string of the molecule is CCOc1ccc(C(=O)NCCCI)cc1OCC. The molecule has 0 saturated heterocycles. The number of amides is 1. The fraction of sp³-hybridized carbons (Fsp3) is 0.500. The molecule has 0 aromatic heterocycles. The molecule has 0 saturated carbocycles. The van der Waals surface area contributed by atoms with Crippen LogP contribution in [0.15, 0.2) is 18.2 Å². The molecule has 0 aliphatic heterocycles. The van der Waals surface area contributed by atoms with E-state index < -0.39 is 0 Å². The van der Waals surface area contributed by atoms with Gasteiger partial charge in [-0.2, -0.15) is 0 Å². The second kappa shape index (κ2) is 9.01. The molecule has 5 heteroatoms. The van der Waals surface area contributed by atoms with E-state index in [9.17, 15) is 4.79 Å². The number of carbonyl (C=O) groups is 1. The molecule has 1 aromatic rings. The molecule has 19 heavy (non-hydrogen) atoms. The second-order valence-corrected chi connectivity index (χ2v) is 4.90. The summed E-state index contributed by atoms with van der Waals surface area (Å²) < 4.78 is 12.0. The third-order valence-electron chi connectivity index (χ3n) is 2.40. The van der Waals surface area contributed by atoms with E-state index in [1.165, 1.54) is 0 Å². The van der Waals surface area contributed by atoms with Crippen molar-refractivity contribution in [2.75, 3.05) is 24.2 Å². The molecule has 0 spiro atoms. The molecular weight excluding hydrogens is 357 g/mol. The Morgan fingerprint density at radius 2 is 1.89 bits per heavy atom. The Morgan fingerprint density at radius 1 is 1.21 bits per heavy atom. The number of nitrogens with one attached hydrogen (secondary N) is 1. The van der Waals surface area contributed by atoms with Gasteiger partial charge < -0.3 is 14.8 Å². The Balaban J connectivity index is 2.78. The maximum Gasteiger partial charge on any atom is 0.251 e. The number of benzene rings is 1. The lowest BCUT2D eigenvalue weighted by atomic mass is 10.2. The second-order valence-electron chi connectivity index (χ2n) is 3.83. The zero-order chi connectivity index (χ0) is 14.1. The van der Waals surface area contributed by atoms with Gasteiger partial charge >= 0.3 is 0 Å². The van der Waals surface area contributed by atoms with E-state index >= 15 is 0 Å². The first-order valence-corrected chi connectivity index (χ1v) is 7.99. The van der Waals surface area contributed by atoms with Crippen molar-refractivity contribution in [1.29, 1.82) is 0 Å². The highest BCUT2D eigenvalue weighted by Crippen LogP contribution is 2.28. The van der Waals surface area contributed by atoms with Crippen LogP contribution in [0.3, 0.4) is 0 Å². The van der Waals surface area contributed by atoms with E-state index in [0.717, 1.165) is 10.8 Å². The minimum absolute atomic E-state index is 0.0751. The van der Waals surface area contributed by atoms with Gasteiger partial charge in [0.05, 0.1) is 13.2 Å². The van der Waals surface area contributed by atoms with Crippen LogP contribution in [0.2, 0.25) is 0 Å². The smallest absolute Gasteiger partial charge is 0.251 e. The fourth-order valence-electron chi connectivity index (χ4n) is 1.56. The van der Waals surface area contributed by atoms with Gasteiger partial charge in [0.25, 0.3) is 5.91 Å². The Hall–Kier alpha value is -0.980. The van der Waals surface area contributed by atoms with E-state index in [-0.39, 0.29) is 5.91 Å². The largest absolute Gasteiger partial charge is 0.490 e. The van der Waals surface area contributed by atoms with Crippen molar-refractivity contribution in [3.8, 4) is 11.5 Å². The zero-order valence-electron chi connectivity index (χ0n) is 11.4. The van der Waals surface area contributed by atoms with Crippen LogP contribution in [-0.2, 0) is 0 Å². The summed E-state index contributed by atoms with van der Waals surface area (Å²) in [5.41, 5.74) is 0.598. The Morgan fingerprint density at radius 3 is 2.53 bits per heavy atom. The molecule has 0 bridgehead atoms. The van der Waals surface area contributed by atoms with Gasteiger partial charge in [0.1, 0.15) is 0 Å². The van der Waals surface area contributed by atoms with Crippen LogP contribution < -0.4 is 14.8 Å². The minimum atomic E-state index is -0.0751. The van der Waals surface area contributed by atoms with E-state index in [1.807, 2.05) is 13.8 Å². The molecule has 0 atom stereocenters. The van der Waals surface area contributed by atoms with Gasteiger partial charge in [0.2, 0.25) is 0 Å². The Kier molecular flexibility index (Phi) is 7.62. The van der Waals surface area contributed by atoms with E-state index in [0.29, 0.717) is 36.8 Å². The van der Waals surface area contributed by atoms with Gasteiger partial charge in [0.15, 0.2) is 11.5 Å². The quantitative estimate of drug-likeness (QED) is 0.431. The molecule has 0 fully saturated rings. The average Bonchev–Trinajstić information content (AvgIpc) is 2.41. The summed E-state index contributed by atoms with van der Waals surface area (Å²) in [6, 6.07) is 5.27. The number of alkyl halides is 1. The van der Waals surface area contributed by atoms with E-state index in [4.69, 9.17) is 9.47 Å². The van der Waals surface area contributed by atoms with Gasteiger partial charge in [-0.1, -0.05) is 22.6 Å². The monoisotopic (exact) mass is 377 g/mol. The number of ether oxygens (including phenoxy) is 2. The number of hydrogen-bond donors (Lipinski definition) is 1. The first-order valence-electron chi connectivity index (χ1n) is 6.46. The summed E-state index contributed by atoms with van der Waals surface area (Å²) in [6.45, 7) is 5.63. The lowest BCUT2D eigenvalue weighted by molar-refractivity contribution is 0.0953. The summed E-state index contributed by atoms with van der Waals surface area (Å²) in [5.74, 6) is 1.22. The Bertz CT molecular complexity index is 410. The van der Waals surface area contributed by atoms with Gasteiger partial charge in [0, 0.05) is 16.5 Å². The third kappa shape index (κ3) is 5.26. The number of carbonyl (C=O) groups excluding carboxylic acids is 1. The first-order chi connectivity index (χ1) is 9.22. The van der Waals surface area contributed by atoms with E-state index in [2.05, 4.69) is 27.9 Å². The summed E-state index contributed by atoms with van der Waals surface area (Å²) in [4.78, 5) is 11.9. The highest BCUT2D eigenvalue weighted by atomic mass is 127. The normalized spacial score (nSPS) is 10.1. The molecule has 1 N–H and O–H groups in total. The summed E-state index contributed by atoms with van der Waals surface area (Å²) in [7, 11) is 0. The number of halogens is 1. The van der Waals surface area contributed by atoms with Crippen molar-refractivity contribution >= 4 is 28.5 Å². The van der Waals surface area contributed by atoms with Crippen molar-refractivity contribution in [3.05, 3.63) is 23.8 Å². The van der Waals surface area contributed by atoms with Crippen LogP contribution in [0.5, 0.6) is 11.5 Å². The van der Waals surface area contributed by atoms with Crippen molar-refractivity contribution in [1.82, 2.24) is 5.32 Å². The molecular formula is C14H20INO3. The topological polar surface area (TPSA) is 47.6 Å². The predicted molar refractivity (Wildman–Crippen MR) is 84.6 cm³/mol. The molecule has 1 amide bonds. The average molecular weight is 377 g/mol. The zero-order valence-corrected chi connectivity index (χ0v) is 13.5. The Labute approximate surface area is 128 Å². The molecule has 0 aliphatic carbocycles. The molecule has 0 radical (unpaired) electrons. The van der Waals surface area contributed by atoms with Crippen molar-refractivity contribution < 1.29 is 14.3 Å². The van der Waals surface area contributed by atoms with E-state index in [1.54, 1.807) is 18.2 Å². The first kappa shape index (κ1) is 16.1.